The number of benzene rings is 1. The van der Waals surface area contributed by atoms with Crippen LogP contribution in [0.3, 0.4) is 0 Å². The van der Waals surface area contributed by atoms with Crippen molar-refractivity contribution in [1.29, 1.82) is 0 Å². The lowest BCUT2D eigenvalue weighted by Gasteiger charge is -2.07. The van der Waals surface area contributed by atoms with Crippen LogP contribution in [0.4, 0.5) is 13.2 Å². The normalized spacial score (nSPS) is 11.5. The van der Waals surface area contributed by atoms with Gasteiger partial charge in [0.2, 0.25) is 0 Å². The number of halogens is 3. The van der Waals surface area contributed by atoms with Gasteiger partial charge in [-0.15, -0.1) is 0 Å². The Morgan fingerprint density at radius 3 is 2.24 bits per heavy atom. The van der Waals surface area contributed by atoms with E-state index in [0.29, 0.717) is 15.9 Å². The first-order chi connectivity index (χ1) is 7.97. The van der Waals surface area contributed by atoms with Crippen molar-refractivity contribution in [3.63, 3.8) is 0 Å². The van der Waals surface area contributed by atoms with Crippen LogP contribution in [-0.4, -0.2) is 9.97 Å². The SMILES string of the molecule is FC(F)(F)c1ccc(-c2c[nH]c(=S)cn2)cc1. The standard InChI is InChI=1S/C11H7F3N2S/c12-11(13,14)8-3-1-7(2-4-8)9-5-16-10(17)6-15-9/h1-6H,(H,16,17). The Morgan fingerprint density at radius 2 is 1.76 bits per heavy atom. The van der Waals surface area contributed by atoms with E-state index < -0.39 is 11.7 Å². The summed E-state index contributed by atoms with van der Waals surface area (Å²) in [5, 5.41) is 0. The maximum absolute atomic E-state index is 12.3. The van der Waals surface area contributed by atoms with Crippen molar-refractivity contribution >= 4 is 12.2 Å². The zero-order chi connectivity index (χ0) is 12.5. The van der Waals surface area contributed by atoms with Gasteiger partial charge in [-0.25, -0.2) is 0 Å². The Labute approximate surface area is 100 Å². The second-order valence-electron chi connectivity index (χ2n) is 3.37. The van der Waals surface area contributed by atoms with Crippen molar-refractivity contribution in [2.24, 2.45) is 0 Å². The molecule has 0 aliphatic carbocycles. The van der Waals surface area contributed by atoms with Crippen LogP contribution in [0.5, 0.6) is 0 Å². The average molecular weight is 256 g/mol. The van der Waals surface area contributed by atoms with Gasteiger partial charge < -0.3 is 4.98 Å². The van der Waals surface area contributed by atoms with E-state index in [1.165, 1.54) is 18.3 Å². The van der Waals surface area contributed by atoms with E-state index in [1.807, 2.05) is 0 Å². The van der Waals surface area contributed by atoms with Crippen LogP contribution in [0.15, 0.2) is 36.7 Å². The second kappa shape index (κ2) is 4.29. The van der Waals surface area contributed by atoms with Crippen molar-refractivity contribution in [3.05, 3.63) is 46.9 Å². The number of rotatable bonds is 1. The smallest absolute Gasteiger partial charge is 0.350 e. The third-order valence-corrected chi connectivity index (χ3v) is 2.40. The predicted octanol–water partition coefficient (Wildman–Crippen LogP) is 3.82. The van der Waals surface area contributed by atoms with Gasteiger partial charge >= 0.3 is 6.18 Å². The summed E-state index contributed by atoms with van der Waals surface area (Å²) in [7, 11) is 0. The van der Waals surface area contributed by atoms with Gasteiger partial charge in [-0.2, -0.15) is 13.2 Å². The van der Waals surface area contributed by atoms with Crippen molar-refractivity contribution in [1.82, 2.24) is 9.97 Å². The van der Waals surface area contributed by atoms with Gasteiger partial charge in [-0.3, -0.25) is 4.98 Å². The molecule has 0 aliphatic rings. The molecule has 2 rings (SSSR count). The molecule has 2 aromatic rings. The first-order valence-electron chi connectivity index (χ1n) is 4.69. The molecule has 0 aliphatic heterocycles. The van der Waals surface area contributed by atoms with Gasteiger partial charge in [0.1, 0.15) is 4.64 Å². The van der Waals surface area contributed by atoms with Gasteiger partial charge in [0.25, 0.3) is 0 Å². The minimum Gasteiger partial charge on any atom is -0.350 e. The summed E-state index contributed by atoms with van der Waals surface area (Å²) < 4.78 is 37.5. The summed E-state index contributed by atoms with van der Waals surface area (Å²) in [6.07, 6.45) is -1.31. The first-order valence-corrected chi connectivity index (χ1v) is 5.10. The highest BCUT2D eigenvalue weighted by atomic mass is 32.1. The van der Waals surface area contributed by atoms with Gasteiger partial charge in [-0.05, 0) is 12.1 Å². The van der Waals surface area contributed by atoms with Crippen LogP contribution in [0.1, 0.15) is 5.56 Å². The molecule has 1 heterocycles. The number of aromatic nitrogens is 2. The molecule has 0 unspecified atom stereocenters. The van der Waals surface area contributed by atoms with Crippen LogP contribution >= 0.6 is 12.2 Å². The number of hydrogen-bond donors (Lipinski definition) is 1. The Hall–Kier alpha value is -1.69. The highest BCUT2D eigenvalue weighted by Crippen LogP contribution is 2.30. The molecule has 0 saturated carbocycles. The fraction of sp³-hybridized carbons (Fsp3) is 0.0909. The lowest BCUT2D eigenvalue weighted by atomic mass is 10.1. The van der Waals surface area contributed by atoms with Crippen molar-refractivity contribution < 1.29 is 13.2 Å². The monoisotopic (exact) mass is 256 g/mol. The molecule has 0 atom stereocenters. The molecule has 0 amide bonds. The molecular formula is C11H7F3N2S. The third-order valence-electron chi connectivity index (χ3n) is 2.18. The highest BCUT2D eigenvalue weighted by molar-refractivity contribution is 7.71. The number of hydrogen-bond acceptors (Lipinski definition) is 2. The fourth-order valence-corrected chi connectivity index (χ4v) is 1.44. The number of nitrogens with one attached hydrogen (secondary N) is 1. The second-order valence-corrected chi connectivity index (χ2v) is 3.81. The maximum atomic E-state index is 12.3. The lowest BCUT2D eigenvalue weighted by molar-refractivity contribution is -0.137. The van der Waals surface area contributed by atoms with E-state index in [9.17, 15) is 13.2 Å². The molecule has 0 bridgehead atoms. The van der Waals surface area contributed by atoms with E-state index in [2.05, 4.69) is 9.97 Å². The average Bonchev–Trinajstić information content (AvgIpc) is 2.29. The number of nitrogens with zero attached hydrogens (tertiary/aromatic N) is 1. The largest absolute Gasteiger partial charge is 0.416 e. The highest BCUT2D eigenvalue weighted by Gasteiger charge is 2.29. The van der Waals surface area contributed by atoms with Crippen LogP contribution in [0, 0.1) is 4.64 Å². The van der Waals surface area contributed by atoms with Crippen LogP contribution in [-0.2, 0) is 6.18 Å². The summed E-state index contributed by atoms with van der Waals surface area (Å²) in [5.74, 6) is 0. The Bertz CT molecular complexity index is 552. The molecule has 1 aromatic heterocycles. The van der Waals surface area contributed by atoms with E-state index >= 15 is 0 Å². The Kier molecular flexibility index (Phi) is 2.97. The molecule has 6 heteroatoms. The van der Waals surface area contributed by atoms with E-state index in [-0.39, 0.29) is 0 Å². The van der Waals surface area contributed by atoms with Crippen LogP contribution in [0.2, 0.25) is 0 Å². The molecule has 0 spiro atoms. The first kappa shape index (κ1) is 11.8. The quantitative estimate of drug-likeness (QED) is 0.786. The van der Waals surface area contributed by atoms with E-state index in [1.54, 1.807) is 6.20 Å². The van der Waals surface area contributed by atoms with Gasteiger partial charge in [0, 0.05) is 11.8 Å². The summed E-state index contributed by atoms with van der Waals surface area (Å²) in [4.78, 5) is 6.80. The van der Waals surface area contributed by atoms with E-state index in [4.69, 9.17) is 12.2 Å². The zero-order valence-corrected chi connectivity index (χ0v) is 9.27. The van der Waals surface area contributed by atoms with Crippen LogP contribution in [0.25, 0.3) is 11.3 Å². The van der Waals surface area contributed by atoms with Gasteiger partial charge in [-0.1, -0.05) is 24.4 Å². The van der Waals surface area contributed by atoms with Gasteiger partial charge in [0.15, 0.2) is 0 Å². The lowest BCUT2D eigenvalue weighted by Crippen LogP contribution is -2.04. The number of H-pyrrole nitrogens is 1. The third kappa shape index (κ3) is 2.71. The summed E-state index contributed by atoms with van der Waals surface area (Å²) in [6, 6.07) is 4.81. The Balaban J connectivity index is 2.36. The molecule has 17 heavy (non-hydrogen) atoms. The minimum atomic E-state index is -4.32. The molecule has 0 fully saturated rings. The van der Waals surface area contributed by atoms with Crippen molar-refractivity contribution in [3.8, 4) is 11.3 Å². The fourth-order valence-electron chi connectivity index (χ4n) is 1.33. The minimum absolute atomic E-state index is 0.473. The molecule has 0 saturated heterocycles. The predicted molar refractivity (Wildman–Crippen MR) is 59.9 cm³/mol. The summed E-state index contributed by atoms with van der Waals surface area (Å²) >= 11 is 4.82. The van der Waals surface area contributed by atoms with Gasteiger partial charge in [0.05, 0.1) is 17.5 Å². The van der Waals surface area contributed by atoms with Crippen molar-refractivity contribution in [2.45, 2.75) is 6.18 Å². The molecule has 1 aromatic carbocycles. The maximum Gasteiger partial charge on any atom is 0.416 e. The van der Waals surface area contributed by atoms with E-state index in [0.717, 1.165) is 12.1 Å². The number of alkyl halides is 3. The summed E-state index contributed by atoms with van der Waals surface area (Å²) in [5.41, 5.74) is 0.474. The molecule has 0 radical (unpaired) electrons. The van der Waals surface area contributed by atoms with Crippen molar-refractivity contribution in [2.75, 3.05) is 0 Å². The molecule has 88 valence electrons. The molecule has 1 N–H and O–H groups in total. The Morgan fingerprint density at radius 1 is 1.12 bits per heavy atom. The number of aromatic amines is 1. The summed E-state index contributed by atoms with van der Waals surface area (Å²) in [6.45, 7) is 0. The molecule has 2 nitrogen and oxygen atoms in total. The molecular weight excluding hydrogens is 249 g/mol. The zero-order valence-electron chi connectivity index (χ0n) is 8.45. The topological polar surface area (TPSA) is 28.7 Å². The van der Waals surface area contributed by atoms with Crippen LogP contribution < -0.4 is 0 Å².